The number of imidazole rings is 1. The van der Waals surface area contributed by atoms with Crippen LogP contribution in [-0.2, 0) is 6.54 Å². The SMILES string of the molecule is CC(C)n1c(S)c(S)n(CCC(F)(F)C(F)(F)C(F)(F)C(F)(F)C(F)(F)F)c1=S. The average Bonchev–Trinajstić information content (AvgIpc) is 2.73. The van der Waals surface area contributed by atoms with E-state index in [1.165, 1.54) is 4.57 Å². The smallest absolute Gasteiger partial charge is 0.311 e. The Morgan fingerprint density at radius 3 is 1.59 bits per heavy atom. The van der Waals surface area contributed by atoms with Crippen molar-refractivity contribution in [3.8, 4) is 0 Å². The average molecular weight is 502 g/mol. The van der Waals surface area contributed by atoms with Crippen molar-refractivity contribution >= 4 is 37.5 Å². The molecule has 0 aromatic carbocycles. The van der Waals surface area contributed by atoms with E-state index in [9.17, 15) is 48.3 Å². The third kappa shape index (κ3) is 4.12. The fraction of sp³-hybridized carbons (Fsp3) is 0.769. The van der Waals surface area contributed by atoms with E-state index in [1.807, 2.05) is 0 Å². The normalized spacial score (nSPS) is 14.8. The Hall–Kier alpha value is -0.640. The van der Waals surface area contributed by atoms with Gasteiger partial charge in [-0.3, -0.25) is 0 Å². The fourth-order valence-electron chi connectivity index (χ4n) is 2.22. The number of hydrogen-bond acceptors (Lipinski definition) is 3. The summed E-state index contributed by atoms with van der Waals surface area (Å²) in [5, 5.41) is -0.212. The first-order valence-electron chi connectivity index (χ1n) is 7.46. The molecule has 1 rings (SSSR count). The number of hydrogen-bond donors (Lipinski definition) is 2. The maximum Gasteiger partial charge on any atom is 0.460 e. The zero-order valence-electron chi connectivity index (χ0n) is 14.3. The molecule has 0 saturated heterocycles. The van der Waals surface area contributed by atoms with Crippen LogP contribution in [0.3, 0.4) is 0 Å². The molecule has 0 bridgehead atoms. The number of rotatable bonds is 7. The summed E-state index contributed by atoms with van der Waals surface area (Å²) >= 11 is 12.8. The highest BCUT2D eigenvalue weighted by Gasteiger charge is 2.86. The van der Waals surface area contributed by atoms with Gasteiger partial charge in [-0.2, -0.15) is 48.3 Å². The minimum absolute atomic E-state index is 0.0114. The van der Waals surface area contributed by atoms with Gasteiger partial charge in [0.1, 0.15) is 10.1 Å². The third-order valence-electron chi connectivity index (χ3n) is 3.89. The van der Waals surface area contributed by atoms with Crippen LogP contribution in [0.25, 0.3) is 0 Å². The van der Waals surface area contributed by atoms with Crippen molar-refractivity contribution in [3.05, 3.63) is 4.77 Å². The standard InChI is InChI=1S/C13H13F11N2S3/c1-5(2)26-7(28)6(27)25(8(26)29)4-3-9(14,15)10(16,17)11(18,19)12(20,21)13(22,23)24/h5,27-28H,3-4H2,1-2H3. The van der Waals surface area contributed by atoms with Gasteiger partial charge in [0.25, 0.3) is 0 Å². The van der Waals surface area contributed by atoms with E-state index < -0.39 is 48.9 Å². The van der Waals surface area contributed by atoms with Gasteiger partial charge < -0.3 is 9.13 Å². The molecule has 1 heterocycles. The summed E-state index contributed by atoms with van der Waals surface area (Å²) < 4.78 is 145. The largest absolute Gasteiger partial charge is 0.460 e. The first kappa shape index (κ1) is 26.4. The van der Waals surface area contributed by atoms with E-state index in [-0.39, 0.29) is 14.8 Å². The first-order valence-corrected chi connectivity index (χ1v) is 8.76. The lowest BCUT2D eigenvalue weighted by molar-refractivity contribution is -0.422. The topological polar surface area (TPSA) is 9.86 Å². The molecule has 0 atom stereocenters. The van der Waals surface area contributed by atoms with Crippen molar-refractivity contribution in [2.45, 2.75) is 72.8 Å². The summed E-state index contributed by atoms with van der Waals surface area (Å²) in [5.41, 5.74) is 0. The number of nitrogens with zero attached hydrogens (tertiary/aromatic N) is 2. The quantitative estimate of drug-likeness (QED) is 0.241. The maximum absolute atomic E-state index is 13.8. The maximum atomic E-state index is 13.8. The van der Waals surface area contributed by atoms with Gasteiger partial charge in [-0.25, -0.2) is 0 Å². The molecule has 2 nitrogen and oxygen atoms in total. The lowest BCUT2D eigenvalue weighted by Crippen LogP contribution is -2.66. The Morgan fingerprint density at radius 1 is 0.793 bits per heavy atom. The van der Waals surface area contributed by atoms with Crippen LogP contribution in [-0.4, -0.2) is 39.0 Å². The van der Waals surface area contributed by atoms with Crippen molar-refractivity contribution < 1.29 is 48.3 Å². The van der Waals surface area contributed by atoms with E-state index in [4.69, 9.17) is 12.2 Å². The second-order valence-electron chi connectivity index (χ2n) is 6.22. The van der Waals surface area contributed by atoms with Crippen LogP contribution < -0.4 is 0 Å². The minimum atomic E-state index is -7.43. The third-order valence-corrected chi connectivity index (χ3v) is 5.36. The van der Waals surface area contributed by atoms with Crippen LogP contribution in [0.4, 0.5) is 48.3 Å². The highest BCUT2D eigenvalue weighted by Crippen LogP contribution is 2.58. The van der Waals surface area contributed by atoms with Gasteiger partial charge in [0.15, 0.2) is 4.77 Å². The highest BCUT2D eigenvalue weighted by molar-refractivity contribution is 7.83. The molecule has 0 fully saturated rings. The van der Waals surface area contributed by atoms with Gasteiger partial charge in [-0.15, -0.1) is 25.3 Å². The van der Waals surface area contributed by atoms with Crippen LogP contribution in [0.5, 0.6) is 0 Å². The number of halogens is 11. The molecule has 16 heteroatoms. The fourth-order valence-corrected chi connectivity index (χ4v) is 3.59. The molecule has 0 spiro atoms. The summed E-state index contributed by atoms with van der Waals surface area (Å²) in [7, 11) is 0. The van der Waals surface area contributed by atoms with Crippen LogP contribution in [0, 0.1) is 4.77 Å². The zero-order valence-corrected chi connectivity index (χ0v) is 17.0. The Labute approximate surface area is 172 Å². The Kier molecular flexibility index (Phi) is 7.10. The van der Waals surface area contributed by atoms with Crippen molar-refractivity contribution in [1.29, 1.82) is 0 Å². The summed E-state index contributed by atoms with van der Waals surface area (Å²) in [6.45, 7) is 1.92. The molecule has 0 unspecified atom stereocenters. The minimum Gasteiger partial charge on any atom is -0.311 e. The van der Waals surface area contributed by atoms with Crippen LogP contribution in [0.15, 0.2) is 10.1 Å². The van der Waals surface area contributed by atoms with Crippen molar-refractivity contribution in [3.63, 3.8) is 0 Å². The van der Waals surface area contributed by atoms with Gasteiger partial charge in [0.05, 0.1) is 0 Å². The first-order chi connectivity index (χ1) is 12.6. The number of alkyl halides is 11. The van der Waals surface area contributed by atoms with Crippen molar-refractivity contribution in [2.24, 2.45) is 0 Å². The second-order valence-corrected chi connectivity index (χ2v) is 7.43. The van der Waals surface area contributed by atoms with Crippen LogP contribution >= 0.6 is 37.5 Å². The molecule has 1 aromatic heterocycles. The Bertz CT molecular complexity index is 808. The zero-order chi connectivity index (χ0) is 23.4. The van der Waals surface area contributed by atoms with Gasteiger partial charge >= 0.3 is 29.9 Å². The summed E-state index contributed by atoms with van der Waals surface area (Å²) in [6.07, 6.45) is -9.42. The molecular weight excluding hydrogens is 489 g/mol. The van der Waals surface area contributed by atoms with Gasteiger partial charge in [-0.1, -0.05) is 0 Å². The lowest BCUT2D eigenvalue weighted by Gasteiger charge is -2.37. The molecule has 1 aromatic rings. The Balaban J connectivity index is 3.31. The summed E-state index contributed by atoms with van der Waals surface area (Å²) in [4.78, 5) is 0. The number of aromatic nitrogens is 2. The van der Waals surface area contributed by atoms with E-state index >= 15 is 0 Å². The monoisotopic (exact) mass is 502 g/mol. The Morgan fingerprint density at radius 2 is 1.24 bits per heavy atom. The molecule has 0 saturated carbocycles. The molecule has 0 N–H and O–H groups in total. The van der Waals surface area contributed by atoms with E-state index in [0.717, 1.165) is 0 Å². The molecule has 170 valence electrons. The van der Waals surface area contributed by atoms with Gasteiger partial charge in [0, 0.05) is 19.0 Å². The predicted octanol–water partition coefficient (Wildman–Crippen LogP) is 6.67. The molecular formula is C13H13F11N2S3. The van der Waals surface area contributed by atoms with Gasteiger partial charge in [0.2, 0.25) is 0 Å². The van der Waals surface area contributed by atoms with E-state index in [2.05, 4.69) is 25.3 Å². The molecule has 0 aliphatic rings. The predicted molar refractivity (Wildman–Crippen MR) is 88.6 cm³/mol. The lowest BCUT2D eigenvalue weighted by atomic mass is 9.96. The molecule has 29 heavy (non-hydrogen) atoms. The summed E-state index contributed by atoms with van der Waals surface area (Å²) in [6, 6.07) is -0.404. The van der Waals surface area contributed by atoms with Crippen molar-refractivity contribution in [2.75, 3.05) is 0 Å². The molecule has 0 aliphatic heterocycles. The van der Waals surface area contributed by atoms with E-state index in [0.29, 0.717) is 4.57 Å². The van der Waals surface area contributed by atoms with Gasteiger partial charge in [-0.05, 0) is 26.1 Å². The van der Waals surface area contributed by atoms with Crippen LogP contribution in [0.1, 0.15) is 26.3 Å². The van der Waals surface area contributed by atoms with E-state index in [1.54, 1.807) is 13.8 Å². The molecule has 0 radical (unpaired) electrons. The van der Waals surface area contributed by atoms with Crippen molar-refractivity contribution in [1.82, 2.24) is 9.13 Å². The highest BCUT2D eigenvalue weighted by atomic mass is 32.1. The molecule has 0 aliphatic carbocycles. The van der Waals surface area contributed by atoms with Crippen LogP contribution in [0.2, 0.25) is 0 Å². The number of thiol groups is 2. The summed E-state index contributed by atoms with van der Waals surface area (Å²) in [5.74, 6) is -27.8. The second kappa shape index (κ2) is 7.80. The molecule has 0 amide bonds.